The Morgan fingerprint density at radius 2 is 1.88 bits per heavy atom. The lowest BCUT2D eigenvalue weighted by Crippen LogP contribution is -2.29. The zero-order chi connectivity index (χ0) is 24.6. The number of fused-ring (bicyclic) bond motifs is 1. The standard InChI is InChI=1S/C21H28N4O2.C2HF3O2/c26-18(15-16-9-11-22-12-10-16)20-17-7-8-19-23-21(17)25(24-20)13-5-3-1-2-4-6-14-27-19;3-2(4,5)1(6)7/h4,6-8,16,22H,1-3,5,9-15H2;(H,6,7)/b6-4+;. The molecule has 0 unspecified atom stereocenters. The number of Topliss-reactive ketones (excluding diaryl/α,β-unsaturated/α-hetero) is 1. The molecule has 0 aliphatic carbocycles. The number of aromatic nitrogens is 3. The van der Waals surface area contributed by atoms with Crippen LogP contribution in [0.2, 0.25) is 0 Å². The Morgan fingerprint density at radius 1 is 1.15 bits per heavy atom. The van der Waals surface area contributed by atoms with Crippen molar-refractivity contribution in [2.45, 2.75) is 57.7 Å². The van der Waals surface area contributed by atoms with Gasteiger partial charge in [0, 0.05) is 19.0 Å². The summed E-state index contributed by atoms with van der Waals surface area (Å²) in [5.74, 6) is -1.57. The van der Waals surface area contributed by atoms with Crippen LogP contribution in [0.15, 0.2) is 24.3 Å². The molecule has 4 rings (SSSR count). The average Bonchev–Trinajstić information content (AvgIpc) is 3.16. The van der Waals surface area contributed by atoms with E-state index in [0.29, 0.717) is 30.5 Å². The summed E-state index contributed by atoms with van der Waals surface area (Å²) < 4.78 is 39.4. The number of carbonyl (C=O) groups is 2. The van der Waals surface area contributed by atoms with Crippen LogP contribution in [-0.2, 0) is 11.3 Å². The third-order valence-corrected chi connectivity index (χ3v) is 5.74. The lowest BCUT2D eigenvalue weighted by Gasteiger charge is -2.21. The van der Waals surface area contributed by atoms with Crippen LogP contribution in [0, 0.1) is 5.92 Å². The number of halogens is 3. The summed E-state index contributed by atoms with van der Waals surface area (Å²) >= 11 is 0. The van der Waals surface area contributed by atoms with E-state index in [1.807, 2.05) is 16.8 Å². The molecule has 0 amide bonds. The summed E-state index contributed by atoms with van der Waals surface area (Å²) in [5.41, 5.74) is 1.35. The number of hydrogen-bond acceptors (Lipinski definition) is 6. The number of rotatable bonds is 3. The highest BCUT2D eigenvalue weighted by Gasteiger charge is 2.38. The molecule has 34 heavy (non-hydrogen) atoms. The number of ketones is 1. The van der Waals surface area contributed by atoms with Gasteiger partial charge >= 0.3 is 12.1 Å². The van der Waals surface area contributed by atoms with E-state index in [1.165, 1.54) is 0 Å². The summed E-state index contributed by atoms with van der Waals surface area (Å²) in [6.07, 6.45) is 6.26. The number of alkyl halides is 3. The number of piperidine rings is 1. The maximum absolute atomic E-state index is 13.0. The van der Waals surface area contributed by atoms with Crippen LogP contribution in [0.25, 0.3) is 11.0 Å². The van der Waals surface area contributed by atoms with Crippen molar-refractivity contribution < 1.29 is 32.6 Å². The first-order valence-electron chi connectivity index (χ1n) is 11.4. The molecule has 2 N–H and O–H groups in total. The Morgan fingerprint density at radius 3 is 2.59 bits per heavy atom. The minimum atomic E-state index is -5.08. The van der Waals surface area contributed by atoms with E-state index in [2.05, 4.69) is 27.6 Å². The molecule has 0 spiro atoms. The van der Waals surface area contributed by atoms with Gasteiger partial charge in [0.15, 0.2) is 11.4 Å². The van der Waals surface area contributed by atoms with E-state index >= 15 is 0 Å². The number of pyridine rings is 1. The van der Waals surface area contributed by atoms with E-state index in [9.17, 15) is 18.0 Å². The Labute approximate surface area is 195 Å². The predicted molar refractivity (Wildman–Crippen MR) is 119 cm³/mol. The molecule has 186 valence electrons. The fourth-order valence-electron chi connectivity index (χ4n) is 3.94. The van der Waals surface area contributed by atoms with Gasteiger partial charge in [0.25, 0.3) is 0 Å². The normalized spacial score (nSPS) is 18.6. The molecule has 2 aromatic heterocycles. The molecular weight excluding hydrogens is 453 g/mol. The first-order chi connectivity index (χ1) is 16.3. The van der Waals surface area contributed by atoms with Crippen LogP contribution < -0.4 is 10.1 Å². The molecule has 0 atom stereocenters. The number of nitrogens with one attached hydrogen (secondary N) is 1. The molecule has 0 radical (unpaired) electrons. The van der Waals surface area contributed by atoms with Crippen molar-refractivity contribution in [3.8, 4) is 5.88 Å². The van der Waals surface area contributed by atoms with Crippen LogP contribution in [0.3, 0.4) is 0 Å². The summed E-state index contributed by atoms with van der Waals surface area (Å²) in [6.45, 7) is 3.32. The molecular formula is C23H29F3N4O4. The minimum Gasteiger partial charge on any atom is -0.475 e. The topological polar surface area (TPSA) is 106 Å². The zero-order valence-corrected chi connectivity index (χ0v) is 18.8. The van der Waals surface area contributed by atoms with Crippen molar-refractivity contribution in [3.63, 3.8) is 0 Å². The maximum atomic E-state index is 13.0. The van der Waals surface area contributed by atoms with Crippen LogP contribution in [-0.4, -0.2) is 57.5 Å². The van der Waals surface area contributed by atoms with Gasteiger partial charge in [0.1, 0.15) is 12.3 Å². The molecule has 0 saturated carbocycles. The summed E-state index contributed by atoms with van der Waals surface area (Å²) in [7, 11) is 0. The number of carboxylic acids is 1. The van der Waals surface area contributed by atoms with Crippen LogP contribution >= 0.6 is 0 Å². The molecule has 8 nitrogen and oxygen atoms in total. The van der Waals surface area contributed by atoms with Crippen molar-refractivity contribution in [2.24, 2.45) is 5.92 Å². The van der Waals surface area contributed by atoms with Gasteiger partial charge in [-0.15, -0.1) is 0 Å². The highest BCUT2D eigenvalue weighted by atomic mass is 19.4. The minimum absolute atomic E-state index is 0.144. The van der Waals surface area contributed by atoms with Gasteiger partial charge in [-0.05, 0) is 57.2 Å². The highest BCUT2D eigenvalue weighted by Crippen LogP contribution is 2.25. The number of aryl methyl sites for hydroxylation is 1. The van der Waals surface area contributed by atoms with Gasteiger partial charge in [0.2, 0.25) is 5.88 Å². The second kappa shape index (κ2) is 12.0. The van der Waals surface area contributed by atoms with Crippen molar-refractivity contribution in [3.05, 3.63) is 30.0 Å². The fourth-order valence-corrected chi connectivity index (χ4v) is 3.94. The number of aliphatic carboxylic acids is 1. The van der Waals surface area contributed by atoms with Crippen molar-refractivity contribution in [1.82, 2.24) is 20.1 Å². The van der Waals surface area contributed by atoms with Gasteiger partial charge < -0.3 is 15.2 Å². The predicted octanol–water partition coefficient (Wildman–Crippen LogP) is 4.15. The second-order valence-electron chi connectivity index (χ2n) is 8.35. The number of hydrogen-bond donors (Lipinski definition) is 2. The number of carbonyl (C=O) groups excluding carboxylic acids is 1. The molecule has 2 aliphatic rings. The number of ether oxygens (including phenoxy) is 1. The lowest BCUT2D eigenvalue weighted by molar-refractivity contribution is -0.192. The highest BCUT2D eigenvalue weighted by molar-refractivity contribution is 6.05. The first-order valence-corrected chi connectivity index (χ1v) is 11.4. The Hall–Kier alpha value is -2.95. The third-order valence-electron chi connectivity index (χ3n) is 5.74. The first kappa shape index (κ1) is 25.7. The third kappa shape index (κ3) is 7.28. The van der Waals surface area contributed by atoms with Crippen LogP contribution in [0.1, 0.15) is 55.4 Å². The van der Waals surface area contributed by atoms with Crippen molar-refractivity contribution >= 4 is 22.8 Å². The molecule has 2 aromatic rings. The monoisotopic (exact) mass is 482 g/mol. The van der Waals surface area contributed by atoms with Crippen molar-refractivity contribution in [2.75, 3.05) is 19.7 Å². The zero-order valence-electron chi connectivity index (χ0n) is 18.8. The lowest BCUT2D eigenvalue weighted by atomic mass is 9.91. The fraction of sp³-hybridized carbons (Fsp3) is 0.565. The number of carboxylic acid groups (broad SMARTS) is 1. The Bertz CT molecular complexity index is 1010. The summed E-state index contributed by atoms with van der Waals surface area (Å²) in [6, 6.07) is 3.79. The molecule has 2 bridgehead atoms. The molecule has 11 heteroatoms. The number of allylic oxidation sites excluding steroid dienone is 1. The Balaban J connectivity index is 0.000000406. The van der Waals surface area contributed by atoms with Gasteiger partial charge in [-0.25, -0.2) is 9.48 Å². The molecule has 0 aromatic carbocycles. The quantitative estimate of drug-likeness (QED) is 0.500. The van der Waals surface area contributed by atoms with Crippen LogP contribution in [0.4, 0.5) is 13.2 Å². The summed E-state index contributed by atoms with van der Waals surface area (Å²) in [4.78, 5) is 26.5. The van der Waals surface area contributed by atoms with Crippen LogP contribution in [0.5, 0.6) is 5.88 Å². The second-order valence-corrected chi connectivity index (χ2v) is 8.35. The smallest absolute Gasteiger partial charge is 0.475 e. The number of nitrogens with zero attached hydrogens (tertiary/aromatic N) is 3. The molecule has 2 aliphatic heterocycles. The van der Waals surface area contributed by atoms with E-state index in [4.69, 9.17) is 14.6 Å². The van der Waals surface area contributed by atoms with Gasteiger partial charge in [-0.3, -0.25) is 4.79 Å². The molecule has 1 saturated heterocycles. The molecule has 1 fully saturated rings. The van der Waals surface area contributed by atoms with Gasteiger partial charge in [0.05, 0.1) is 5.39 Å². The molecule has 4 heterocycles. The largest absolute Gasteiger partial charge is 0.490 e. The van der Waals surface area contributed by atoms with E-state index in [0.717, 1.165) is 69.2 Å². The Kier molecular flexibility index (Phi) is 9.03. The van der Waals surface area contributed by atoms with Crippen molar-refractivity contribution in [1.29, 1.82) is 0 Å². The SMILES string of the molecule is O=C(CC1CCNCC1)c1nn2c3nc(ccc13)OC/C=C/CCCCC2.O=C(O)C(F)(F)F. The van der Waals surface area contributed by atoms with E-state index < -0.39 is 12.1 Å². The maximum Gasteiger partial charge on any atom is 0.490 e. The van der Waals surface area contributed by atoms with Gasteiger partial charge in [-0.2, -0.15) is 23.3 Å². The summed E-state index contributed by atoms with van der Waals surface area (Å²) in [5, 5.41) is 16.0. The van der Waals surface area contributed by atoms with Gasteiger partial charge in [-0.1, -0.05) is 18.6 Å². The van der Waals surface area contributed by atoms with E-state index in [-0.39, 0.29) is 5.78 Å². The average molecular weight is 483 g/mol. The van der Waals surface area contributed by atoms with E-state index in [1.54, 1.807) is 0 Å².